The molecule has 0 fully saturated rings. The molecule has 524 valence electrons. The van der Waals surface area contributed by atoms with Gasteiger partial charge >= 0.3 is 0 Å². The Morgan fingerprint density at radius 2 is 0.384 bits per heavy atom. The van der Waals surface area contributed by atoms with E-state index in [1.807, 2.05) is 72.8 Å². The fourth-order valence-corrected chi connectivity index (χ4v) is 16.5. The molecule has 0 atom stereocenters. The third-order valence-corrected chi connectivity index (χ3v) is 21.7. The first-order valence-corrected chi connectivity index (χ1v) is 37.9. The normalized spacial score (nSPS) is 11.6. The van der Waals surface area contributed by atoms with Crippen LogP contribution in [0, 0.1) is 0 Å². The van der Waals surface area contributed by atoms with Gasteiger partial charge in [-0.2, -0.15) is 0 Å². The van der Waals surface area contributed by atoms with E-state index in [9.17, 15) is 0 Å². The van der Waals surface area contributed by atoms with Gasteiger partial charge in [-0.15, -0.1) is 0 Å². The first-order chi connectivity index (χ1) is 55.5. The van der Waals surface area contributed by atoms with Gasteiger partial charge in [-0.05, 0) is 138 Å². The molecular formula is C103H67N9. The van der Waals surface area contributed by atoms with Gasteiger partial charge in [0, 0.05) is 99.2 Å². The van der Waals surface area contributed by atoms with E-state index < -0.39 is 0 Å². The minimum Gasteiger partial charge on any atom is -0.309 e. The molecule has 0 saturated heterocycles. The van der Waals surface area contributed by atoms with Crippen molar-refractivity contribution in [1.82, 2.24) is 43.2 Å². The summed E-state index contributed by atoms with van der Waals surface area (Å²) < 4.78 is 9.46. The Labute approximate surface area is 645 Å². The van der Waals surface area contributed by atoms with Crippen LogP contribution in [0.15, 0.2) is 406 Å². The Bertz CT molecular complexity index is 7140. The third kappa shape index (κ3) is 11.5. The maximum absolute atomic E-state index is 5.13. The van der Waals surface area contributed by atoms with Gasteiger partial charge in [-0.25, -0.2) is 24.9 Å². The number of hydrogen-bond acceptors (Lipinski definition) is 5. The van der Waals surface area contributed by atoms with Crippen LogP contribution in [-0.2, 0) is 0 Å². The minimum absolute atomic E-state index is 0.631. The molecule has 16 aromatic carbocycles. The fourth-order valence-electron chi connectivity index (χ4n) is 16.5. The predicted molar refractivity (Wildman–Crippen MR) is 463 cm³/mol. The van der Waals surface area contributed by atoms with Crippen molar-refractivity contribution in [2.45, 2.75) is 0 Å². The summed E-state index contributed by atoms with van der Waals surface area (Å²) in [5, 5.41) is 9.88. The van der Waals surface area contributed by atoms with Crippen molar-refractivity contribution in [2.75, 3.05) is 0 Å². The van der Waals surface area contributed by atoms with Crippen LogP contribution in [0.1, 0.15) is 0 Å². The van der Waals surface area contributed by atoms with E-state index in [4.69, 9.17) is 24.9 Å². The van der Waals surface area contributed by atoms with Crippen LogP contribution in [0.5, 0.6) is 0 Å². The van der Waals surface area contributed by atoms with Gasteiger partial charge in [-0.3, -0.25) is 0 Å². The Balaban J connectivity index is 0.000000141. The summed E-state index contributed by atoms with van der Waals surface area (Å²) >= 11 is 0. The summed E-state index contributed by atoms with van der Waals surface area (Å²) in [7, 11) is 0. The molecule has 6 heterocycles. The smallest absolute Gasteiger partial charge is 0.164 e. The lowest BCUT2D eigenvalue weighted by molar-refractivity contribution is 1.07. The number of aromatic nitrogens is 9. The van der Waals surface area contributed by atoms with Gasteiger partial charge in [-0.1, -0.05) is 291 Å². The van der Waals surface area contributed by atoms with E-state index in [1.54, 1.807) is 0 Å². The maximum atomic E-state index is 5.13. The average Bonchev–Trinajstić information content (AvgIpc) is 1.60. The highest BCUT2D eigenvalue weighted by molar-refractivity contribution is 6.13. The van der Waals surface area contributed by atoms with Crippen molar-refractivity contribution in [3.63, 3.8) is 0 Å². The molecule has 22 aromatic rings. The number of rotatable bonds is 12. The largest absolute Gasteiger partial charge is 0.309 e. The van der Waals surface area contributed by atoms with E-state index in [0.717, 1.165) is 89.6 Å². The monoisotopic (exact) mass is 1430 g/mol. The van der Waals surface area contributed by atoms with E-state index in [-0.39, 0.29) is 0 Å². The molecule has 0 saturated carbocycles. The molecule has 9 nitrogen and oxygen atoms in total. The molecule has 6 aromatic heterocycles. The Morgan fingerprint density at radius 1 is 0.134 bits per heavy atom. The van der Waals surface area contributed by atoms with Crippen LogP contribution < -0.4 is 0 Å². The lowest BCUT2D eigenvalue weighted by atomic mass is 10.0. The lowest BCUT2D eigenvalue weighted by Crippen LogP contribution is -2.01. The summed E-state index contributed by atoms with van der Waals surface area (Å²) in [4.78, 5) is 25.2. The third-order valence-electron chi connectivity index (χ3n) is 21.7. The molecule has 0 amide bonds. The minimum atomic E-state index is 0.631. The van der Waals surface area contributed by atoms with Gasteiger partial charge in [0.1, 0.15) is 0 Å². The Hall–Kier alpha value is -15.2. The molecule has 22 rings (SSSR count). The highest BCUT2D eigenvalue weighted by Crippen LogP contribution is 2.42. The van der Waals surface area contributed by atoms with Gasteiger partial charge in [0.15, 0.2) is 23.3 Å². The molecule has 0 aliphatic rings. The second-order valence-corrected chi connectivity index (χ2v) is 28.3. The zero-order chi connectivity index (χ0) is 74.0. The van der Waals surface area contributed by atoms with Crippen molar-refractivity contribution in [3.8, 4) is 113 Å². The van der Waals surface area contributed by atoms with Crippen LogP contribution >= 0.6 is 0 Å². The van der Waals surface area contributed by atoms with Crippen molar-refractivity contribution in [1.29, 1.82) is 0 Å². The highest BCUT2D eigenvalue weighted by Gasteiger charge is 2.21. The zero-order valence-electron chi connectivity index (χ0n) is 60.7. The summed E-state index contributed by atoms with van der Waals surface area (Å²) in [6, 6.07) is 144. The number of benzene rings is 16. The molecule has 0 N–H and O–H groups in total. The number of hydrogen-bond donors (Lipinski definition) is 0. The first-order valence-electron chi connectivity index (χ1n) is 37.9. The molecule has 0 unspecified atom stereocenters. The van der Waals surface area contributed by atoms with E-state index in [0.29, 0.717) is 23.3 Å². The number of nitrogens with zero attached hydrogens (tertiary/aromatic N) is 9. The molecular weight excluding hydrogens is 1360 g/mol. The van der Waals surface area contributed by atoms with Crippen LogP contribution in [0.25, 0.3) is 200 Å². The highest BCUT2D eigenvalue weighted by atomic mass is 15.0. The fraction of sp³-hybridized carbons (Fsp3) is 0. The van der Waals surface area contributed by atoms with Gasteiger partial charge < -0.3 is 18.3 Å². The SMILES string of the molecule is c1ccc(-c2cc(-c3ccccc3)nc(-c3cccc(-n4c5ccccc5c5cc(-c6cccc(-n7c8ccccc8c8ccccc87)c6)ccc54)c3)n2)cc1.c1ccc(-c2nc(-c3ccccc3)nc(-c3cccc(-n4c5ccccc5c5cc(-c6ccc(-n7c8ccccc8c8ccccc87)cc6)ccc54)c3)n2)cc1. The number of para-hydroxylation sites is 6. The van der Waals surface area contributed by atoms with Crippen molar-refractivity contribution in [2.24, 2.45) is 0 Å². The molecule has 0 bridgehead atoms. The van der Waals surface area contributed by atoms with Crippen molar-refractivity contribution >= 4 is 87.2 Å². The standard InChI is InChI=1S/C52H34N4.C51H33N5/c1-3-15-35(16-4-1)46-34-47(36-17-5-2-6-18-36)54-52(53-46)39-20-14-22-41(32-39)56-50-28-12-9-25-44(50)45-33-38(29-30-51(45)56)37-19-13-21-40(31-37)55-48-26-10-7-23-42(48)43-24-8-11-27-49(43)55;1-3-14-35(15-4-1)49-52-50(36-16-5-2-6-17-36)54-51(53-49)38-18-13-19-40(32-38)56-47-25-12-9-22-43(47)44-33-37(28-31-48(44)56)34-26-29-39(30-27-34)55-45-23-10-7-20-41(45)42-21-8-11-24-46(42)55/h1-34H;1-33H. The van der Waals surface area contributed by atoms with Crippen LogP contribution in [0.4, 0.5) is 0 Å². The predicted octanol–water partition coefficient (Wildman–Crippen LogP) is 26.1. The van der Waals surface area contributed by atoms with Crippen LogP contribution in [-0.4, -0.2) is 43.2 Å². The molecule has 0 aliphatic carbocycles. The average molecular weight is 1430 g/mol. The van der Waals surface area contributed by atoms with E-state index in [1.165, 1.54) is 87.4 Å². The molecule has 0 aliphatic heterocycles. The first kappa shape index (κ1) is 65.1. The summed E-state index contributed by atoms with van der Waals surface area (Å²) in [6.45, 7) is 0. The topological polar surface area (TPSA) is 84.2 Å². The summed E-state index contributed by atoms with van der Waals surface area (Å²) in [6.07, 6.45) is 0. The van der Waals surface area contributed by atoms with Crippen molar-refractivity contribution < 1.29 is 0 Å². The summed E-state index contributed by atoms with van der Waals surface area (Å²) in [5.74, 6) is 2.62. The quantitative estimate of drug-likeness (QED) is 0.122. The Morgan fingerprint density at radius 3 is 0.759 bits per heavy atom. The van der Waals surface area contributed by atoms with Crippen LogP contribution in [0.2, 0.25) is 0 Å². The van der Waals surface area contributed by atoms with Crippen molar-refractivity contribution in [3.05, 3.63) is 406 Å². The molecule has 0 radical (unpaired) electrons. The van der Waals surface area contributed by atoms with Crippen LogP contribution in [0.3, 0.4) is 0 Å². The number of fused-ring (bicyclic) bond motifs is 12. The molecule has 0 spiro atoms. The van der Waals surface area contributed by atoms with Gasteiger partial charge in [0.05, 0.1) is 55.5 Å². The lowest BCUT2D eigenvalue weighted by Gasteiger charge is -2.12. The molecule has 112 heavy (non-hydrogen) atoms. The van der Waals surface area contributed by atoms with Gasteiger partial charge in [0.25, 0.3) is 0 Å². The van der Waals surface area contributed by atoms with Gasteiger partial charge in [0.2, 0.25) is 0 Å². The second-order valence-electron chi connectivity index (χ2n) is 28.3. The summed E-state index contributed by atoms with van der Waals surface area (Å²) in [5.41, 5.74) is 26.2. The van der Waals surface area contributed by atoms with E-state index in [2.05, 4.69) is 352 Å². The zero-order valence-corrected chi connectivity index (χ0v) is 60.7. The van der Waals surface area contributed by atoms with E-state index >= 15 is 0 Å². The maximum Gasteiger partial charge on any atom is 0.164 e. The Kier molecular flexibility index (Phi) is 16.0. The molecule has 9 heteroatoms. The second kappa shape index (κ2) is 27.5.